The van der Waals surface area contributed by atoms with E-state index >= 15 is 0 Å². The molecule has 1 atom stereocenters. The molecule has 0 aromatic carbocycles. The highest BCUT2D eigenvalue weighted by molar-refractivity contribution is 5.06. The van der Waals surface area contributed by atoms with Crippen molar-refractivity contribution in [2.45, 2.75) is 31.7 Å². The number of hydrogen-bond donors (Lipinski definition) is 2. The summed E-state index contributed by atoms with van der Waals surface area (Å²) in [5, 5.41) is 0. The molecular weight excluding hydrogens is 176 g/mol. The van der Waals surface area contributed by atoms with Gasteiger partial charge in [0.1, 0.15) is 0 Å². The molecule has 0 aliphatic heterocycles. The Morgan fingerprint density at radius 3 is 2.79 bits per heavy atom. The van der Waals surface area contributed by atoms with Crippen LogP contribution in [0.15, 0.2) is 12.5 Å². The van der Waals surface area contributed by atoms with E-state index in [0.29, 0.717) is 5.92 Å². The van der Waals surface area contributed by atoms with Crippen LogP contribution in [0.2, 0.25) is 0 Å². The average Bonchev–Trinajstić information content (AvgIpc) is 2.80. The molecule has 0 radical (unpaired) electrons. The molecule has 0 amide bonds. The summed E-state index contributed by atoms with van der Waals surface area (Å²) < 4.78 is 2.04. The highest BCUT2D eigenvalue weighted by Crippen LogP contribution is 2.34. The van der Waals surface area contributed by atoms with E-state index in [1.807, 2.05) is 24.1 Å². The molecule has 78 valence electrons. The van der Waals surface area contributed by atoms with Crippen LogP contribution < -0.4 is 11.3 Å². The van der Waals surface area contributed by atoms with Gasteiger partial charge in [-0.1, -0.05) is 12.8 Å². The second-order valence-electron chi connectivity index (χ2n) is 4.12. The fourth-order valence-corrected chi connectivity index (χ4v) is 2.42. The number of hydrazine groups is 1. The van der Waals surface area contributed by atoms with Crippen molar-refractivity contribution < 1.29 is 0 Å². The number of nitrogens with one attached hydrogen (secondary N) is 1. The molecule has 4 nitrogen and oxygen atoms in total. The average molecular weight is 194 g/mol. The normalized spacial score (nSPS) is 20.1. The number of hydrogen-bond acceptors (Lipinski definition) is 3. The van der Waals surface area contributed by atoms with Crippen molar-refractivity contribution in [3.05, 3.63) is 18.2 Å². The van der Waals surface area contributed by atoms with Gasteiger partial charge in [0.25, 0.3) is 0 Å². The van der Waals surface area contributed by atoms with Crippen LogP contribution in [0.4, 0.5) is 0 Å². The number of aromatic nitrogens is 2. The molecule has 2 rings (SSSR count). The number of rotatable bonds is 3. The number of nitrogens with two attached hydrogens (primary N) is 1. The van der Waals surface area contributed by atoms with Crippen molar-refractivity contribution in [3.8, 4) is 0 Å². The van der Waals surface area contributed by atoms with Gasteiger partial charge in [-0.15, -0.1) is 0 Å². The van der Waals surface area contributed by atoms with Crippen molar-refractivity contribution in [2.24, 2.45) is 18.8 Å². The van der Waals surface area contributed by atoms with E-state index in [2.05, 4.69) is 10.4 Å². The van der Waals surface area contributed by atoms with Gasteiger partial charge in [0.2, 0.25) is 0 Å². The van der Waals surface area contributed by atoms with Gasteiger partial charge in [0.15, 0.2) is 0 Å². The molecular formula is C10H18N4. The molecule has 3 N–H and O–H groups in total. The van der Waals surface area contributed by atoms with E-state index in [0.717, 1.165) is 0 Å². The number of aryl methyl sites for hydroxylation is 1. The zero-order chi connectivity index (χ0) is 9.97. The molecule has 4 heteroatoms. The van der Waals surface area contributed by atoms with Crippen LogP contribution in [0.5, 0.6) is 0 Å². The van der Waals surface area contributed by atoms with E-state index in [9.17, 15) is 0 Å². The van der Waals surface area contributed by atoms with E-state index in [4.69, 9.17) is 5.84 Å². The summed E-state index contributed by atoms with van der Waals surface area (Å²) in [6, 6.07) is 0.269. The van der Waals surface area contributed by atoms with Crippen molar-refractivity contribution in [3.63, 3.8) is 0 Å². The summed E-state index contributed by atoms with van der Waals surface area (Å²) in [5.74, 6) is 6.30. The van der Waals surface area contributed by atoms with Crippen LogP contribution in [0.1, 0.15) is 37.4 Å². The van der Waals surface area contributed by atoms with Crippen LogP contribution in [-0.2, 0) is 7.05 Å². The van der Waals surface area contributed by atoms with Crippen LogP contribution in [0, 0.1) is 5.92 Å². The zero-order valence-electron chi connectivity index (χ0n) is 8.61. The molecule has 1 saturated carbocycles. The smallest absolute Gasteiger partial charge is 0.0946 e. The third-order valence-electron chi connectivity index (χ3n) is 3.22. The van der Waals surface area contributed by atoms with E-state index in [1.54, 1.807) is 0 Å². The second kappa shape index (κ2) is 4.11. The van der Waals surface area contributed by atoms with Crippen LogP contribution in [-0.4, -0.2) is 9.55 Å². The summed E-state index contributed by atoms with van der Waals surface area (Å²) in [6.07, 6.45) is 8.96. The predicted octanol–water partition coefficient (Wildman–Crippen LogP) is 1.11. The zero-order valence-corrected chi connectivity index (χ0v) is 8.61. The number of imidazole rings is 1. The van der Waals surface area contributed by atoms with Gasteiger partial charge in [-0.2, -0.15) is 0 Å². The predicted molar refractivity (Wildman–Crippen MR) is 55.2 cm³/mol. The van der Waals surface area contributed by atoms with Crippen molar-refractivity contribution in [1.82, 2.24) is 15.0 Å². The topological polar surface area (TPSA) is 55.9 Å². The Balaban J connectivity index is 2.16. The SMILES string of the molecule is Cn1cncc1C(NN)C1CCCC1. The number of nitrogens with zero attached hydrogens (tertiary/aromatic N) is 2. The molecule has 1 heterocycles. The Morgan fingerprint density at radius 2 is 2.29 bits per heavy atom. The molecule has 0 spiro atoms. The van der Waals surface area contributed by atoms with E-state index in [-0.39, 0.29) is 6.04 Å². The lowest BCUT2D eigenvalue weighted by Crippen LogP contribution is -2.33. The van der Waals surface area contributed by atoms with Gasteiger partial charge >= 0.3 is 0 Å². The fourth-order valence-electron chi connectivity index (χ4n) is 2.42. The highest BCUT2D eigenvalue weighted by Gasteiger charge is 2.26. The molecule has 1 unspecified atom stereocenters. The van der Waals surface area contributed by atoms with Gasteiger partial charge < -0.3 is 4.57 Å². The van der Waals surface area contributed by atoms with Crippen molar-refractivity contribution in [2.75, 3.05) is 0 Å². The minimum atomic E-state index is 0.269. The van der Waals surface area contributed by atoms with Crippen LogP contribution in [0.25, 0.3) is 0 Å². The Labute approximate surface area is 84.5 Å². The minimum absolute atomic E-state index is 0.269. The van der Waals surface area contributed by atoms with Crippen molar-refractivity contribution >= 4 is 0 Å². The summed E-state index contributed by atoms with van der Waals surface area (Å²) in [5.41, 5.74) is 4.12. The molecule has 1 fully saturated rings. The first kappa shape index (κ1) is 9.68. The van der Waals surface area contributed by atoms with Gasteiger partial charge in [-0.25, -0.2) is 4.98 Å². The lowest BCUT2D eigenvalue weighted by Gasteiger charge is -2.22. The fraction of sp³-hybridized carbons (Fsp3) is 0.700. The quantitative estimate of drug-likeness (QED) is 0.560. The molecule has 14 heavy (non-hydrogen) atoms. The van der Waals surface area contributed by atoms with Crippen LogP contribution >= 0.6 is 0 Å². The lowest BCUT2D eigenvalue weighted by molar-refractivity contribution is 0.359. The van der Waals surface area contributed by atoms with Gasteiger partial charge in [-0.3, -0.25) is 11.3 Å². The minimum Gasteiger partial charge on any atom is -0.336 e. The molecule has 1 aromatic heterocycles. The molecule has 1 aliphatic rings. The summed E-state index contributed by atoms with van der Waals surface area (Å²) in [7, 11) is 2.02. The Hall–Kier alpha value is -0.870. The molecule has 0 bridgehead atoms. The Kier molecular flexibility index (Phi) is 2.84. The monoisotopic (exact) mass is 194 g/mol. The first-order chi connectivity index (χ1) is 6.83. The molecule has 1 aliphatic carbocycles. The van der Waals surface area contributed by atoms with Gasteiger partial charge in [0, 0.05) is 13.2 Å². The Bertz CT molecular complexity index is 288. The standard InChI is InChI=1S/C10H18N4/c1-14-7-12-6-9(14)10(13-11)8-4-2-3-5-8/h6-8,10,13H,2-5,11H2,1H3. The third-order valence-corrected chi connectivity index (χ3v) is 3.22. The van der Waals surface area contributed by atoms with E-state index in [1.165, 1.54) is 31.4 Å². The summed E-state index contributed by atoms with van der Waals surface area (Å²) in [4.78, 5) is 4.13. The second-order valence-corrected chi connectivity index (χ2v) is 4.12. The summed E-state index contributed by atoms with van der Waals surface area (Å²) >= 11 is 0. The molecule has 1 aromatic rings. The largest absolute Gasteiger partial charge is 0.336 e. The summed E-state index contributed by atoms with van der Waals surface area (Å²) in [6.45, 7) is 0. The van der Waals surface area contributed by atoms with E-state index < -0.39 is 0 Å². The first-order valence-corrected chi connectivity index (χ1v) is 5.25. The maximum absolute atomic E-state index is 5.62. The third kappa shape index (κ3) is 1.67. The van der Waals surface area contributed by atoms with Crippen molar-refractivity contribution in [1.29, 1.82) is 0 Å². The van der Waals surface area contributed by atoms with Gasteiger partial charge in [-0.05, 0) is 18.8 Å². The maximum Gasteiger partial charge on any atom is 0.0946 e. The van der Waals surface area contributed by atoms with Gasteiger partial charge in [0.05, 0.1) is 18.1 Å². The van der Waals surface area contributed by atoms with Crippen LogP contribution in [0.3, 0.4) is 0 Å². The first-order valence-electron chi connectivity index (χ1n) is 5.25. The molecule has 0 saturated heterocycles. The lowest BCUT2D eigenvalue weighted by atomic mass is 9.96. The Morgan fingerprint density at radius 1 is 1.57 bits per heavy atom. The highest BCUT2D eigenvalue weighted by atomic mass is 15.3. The maximum atomic E-state index is 5.62.